The van der Waals surface area contributed by atoms with Crippen LogP contribution in [0.3, 0.4) is 0 Å². The normalized spacial score (nSPS) is 10.4. The molecule has 104 valence electrons. The zero-order chi connectivity index (χ0) is 14.7. The van der Waals surface area contributed by atoms with Crippen LogP contribution in [0.4, 0.5) is 0 Å². The van der Waals surface area contributed by atoms with Crippen LogP contribution in [0.15, 0.2) is 66.9 Å². The third-order valence-electron chi connectivity index (χ3n) is 3.50. The average molecular weight is 275 g/mol. The molecule has 0 saturated heterocycles. The number of pyridine rings is 1. The Morgan fingerprint density at radius 3 is 2.48 bits per heavy atom. The maximum absolute atomic E-state index is 5.38. The molecule has 21 heavy (non-hydrogen) atoms. The molecule has 0 unspecified atom stereocenters. The summed E-state index contributed by atoms with van der Waals surface area (Å²) in [5, 5.41) is 0. The van der Waals surface area contributed by atoms with Gasteiger partial charge in [0.1, 0.15) is 5.75 Å². The van der Waals surface area contributed by atoms with Gasteiger partial charge in [-0.25, -0.2) is 0 Å². The van der Waals surface area contributed by atoms with Gasteiger partial charge in [-0.05, 0) is 48.4 Å². The molecule has 0 saturated carbocycles. The molecule has 1 heterocycles. The van der Waals surface area contributed by atoms with Crippen molar-refractivity contribution in [3.05, 3.63) is 72.4 Å². The lowest BCUT2D eigenvalue weighted by Gasteiger charge is -2.12. The van der Waals surface area contributed by atoms with Gasteiger partial charge in [0, 0.05) is 11.8 Å². The predicted molar refractivity (Wildman–Crippen MR) is 86.4 cm³/mol. The van der Waals surface area contributed by atoms with Crippen LogP contribution in [-0.2, 0) is 0 Å². The lowest BCUT2D eigenvalue weighted by Crippen LogP contribution is -1.90. The molecule has 0 aliphatic heterocycles. The monoisotopic (exact) mass is 275 g/mol. The van der Waals surface area contributed by atoms with Gasteiger partial charge in [0.15, 0.2) is 0 Å². The molecule has 0 amide bonds. The lowest BCUT2D eigenvalue weighted by atomic mass is 9.96. The van der Waals surface area contributed by atoms with E-state index in [4.69, 9.17) is 4.74 Å². The van der Waals surface area contributed by atoms with Gasteiger partial charge in [-0.15, -0.1) is 0 Å². The van der Waals surface area contributed by atoms with E-state index in [1.165, 1.54) is 11.1 Å². The van der Waals surface area contributed by atoms with E-state index >= 15 is 0 Å². The van der Waals surface area contributed by atoms with Gasteiger partial charge in [-0.1, -0.05) is 35.9 Å². The van der Waals surface area contributed by atoms with Crippen LogP contribution in [0.25, 0.3) is 22.4 Å². The topological polar surface area (TPSA) is 22.1 Å². The molecule has 0 aliphatic carbocycles. The lowest BCUT2D eigenvalue weighted by molar-refractivity contribution is 0.415. The summed E-state index contributed by atoms with van der Waals surface area (Å²) in [7, 11) is 1.69. The van der Waals surface area contributed by atoms with E-state index in [1.54, 1.807) is 7.11 Å². The minimum absolute atomic E-state index is 0.853. The minimum Gasteiger partial charge on any atom is -0.497 e. The molecule has 3 rings (SSSR count). The van der Waals surface area contributed by atoms with E-state index in [2.05, 4.69) is 48.3 Å². The third-order valence-corrected chi connectivity index (χ3v) is 3.50. The Kier molecular flexibility index (Phi) is 3.69. The summed E-state index contributed by atoms with van der Waals surface area (Å²) in [5.74, 6) is 0.853. The van der Waals surface area contributed by atoms with E-state index < -0.39 is 0 Å². The number of ether oxygens (including phenoxy) is 1. The second kappa shape index (κ2) is 5.80. The summed E-state index contributed by atoms with van der Waals surface area (Å²) in [4.78, 5) is 4.47. The highest BCUT2D eigenvalue weighted by atomic mass is 16.5. The molecule has 0 spiro atoms. The number of aromatic nitrogens is 1. The highest BCUT2D eigenvalue weighted by Crippen LogP contribution is 2.34. The Bertz CT molecular complexity index is 751. The fourth-order valence-electron chi connectivity index (χ4n) is 2.45. The third kappa shape index (κ3) is 2.79. The molecule has 2 nitrogen and oxygen atoms in total. The number of benzene rings is 2. The molecule has 3 aromatic rings. The molecule has 0 aliphatic rings. The molecule has 0 bridgehead atoms. The maximum Gasteiger partial charge on any atom is 0.119 e. The van der Waals surface area contributed by atoms with Gasteiger partial charge in [-0.2, -0.15) is 0 Å². The maximum atomic E-state index is 5.38. The standard InChI is InChI=1S/C19H17NO/c1-14-6-5-7-15(12-14)18-13-16(21-2)9-10-17(18)19-8-3-4-11-20-19/h3-13H,1-2H3. The van der Waals surface area contributed by atoms with Gasteiger partial charge in [-0.3, -0.25) is 4.98 Å². The number of hydrogen-bond acceptors (Lipinski definition) is 2. The number of methoxy groups -OCH3 is 1. The quantitative estimate of drug-likeness (QED) is 0.689. The van der Waals surface area contributed by atoms with Crippen LogP contribution >= 0.6 is 0 Å². The van der Waals surface area contributed by atoms with Crippen molar-refractivity contribution in [2.24, 2.45) is 0 Å². The molecule has 0 radical (unpaired) electrons. The summed E-state index contributed by atoms with van der Waals surface area (Å²) in [6.45, 7) is 2.10. The number of nitrogens with zero attached hydrogens (tertiary/aromatic N) is 1. The number of aryl methyl sites for hydroxylation is 1. The van der Waals surface area contributed by atoms with Crippen LogP contribution in [0.1, 0.15) is 5.56 Å². The van der Waals surface area contributed by atoms with Crippen LogP contribution in [0.2, 0.25) is 0 Å². The second-order valence-electron chi connectivity index (χ2n) is 5.00. The van der Waals surface area contributed by atoms with Crippen molar-refractivity contribution < 1.29 is 4.74 Å². The molecule has 0 atom stereocenters. The second-order valence-corrected chi connectivity index (χ2v) is 5.00. The Hall–Kier alpha value is -2.61. The smallest absolute Gasteiger partial charge is 0.119 e. The largest absolute Gasteiger partial charge is 0.497 e. The molecule has 2 heteroatoms. The first kappa shape index (κ1) is 13.4. The van der Waals surface area contributed by atoms with Crippen LogP contribution in [-0.4, -0.2) is 12.1 Å². The highest BCUT2D eigenvalue weighted by molar-refractivity contribution is 5.83. The Labute approximate surface area is 125 Å². The summed E-state index contributed by atoms with van der Waals surface area (Å²) in [5.41, 5.74) is 5.63. The minimum atomic E-state index is 0.853. The SMILES string of the molecule is COc1ccc(-c2ccccn2)c(-c2cccc(C)c2)c1. The van der Waals surface area contributed by atoms with Crippen molar-refractivity contribution >= 4 is 0 Å². The Balaban J connectivity index is 2.21. The van der Waals surface area contributed by atoms with Crippen molar-refractivity contribution in [2.45, 2.75) is 6.92 Å². The zero-order valence-electron chi connectivity index (χ0n) is 12.2. The number of rotatable bonds is 3. The molecule has 0 N–H and O–H groups in total. The first-order chi connectivity index (χ1) is 10.3. The molecular formula is C19H17NO. The first-order valence-electron chi connectivity index (χ1n) is 6.94. The van der Waals surface area contributed by atoms with E-state index in [1.807, 2.05) is 30.5 Å². The fraction of sp³-hybridized carbons (Fsp3) is 0.105. The summed E-state index contributed by atoms with van der Waals surface area (Å²) < 4.78 is 5.38. The average Bonchev–Trinajstić information content (AvgIpc) is 2.55. The Morgan fingerprint density at radius 2 is 1.76 bits per heavy atom. The van der Waals surface area contributed by atoms with Gasteiger partial charge < -0.3 is 4.74 Å². The van der Waals surface area contributed by atoms with Crippen molar-refractivity contribution in [3.63, 3.8) is 0 Å². The fourth-order valence-corrected chi connectivity index (χ4v) is 2.45. The van der Waals surface area contributed by atoms with E-state index in [0.717, 1.165) is 22.6 Å². The van der Waals surface area contributed by atoms with Crippen LogP contribution < -0.4 is 4.74 Å². The Morgan fingerprint density at radius 1 is 0.857 bits per heavy atom. The zero-order valence-corrected chi connectivity index (χ0v) is 12.2. The van der Waals surface area contributed by atoms with Gasteiger partial charge in [0.25, 0.3) is 0 Å². The molecular weight excluding hydrogens is 258 g/mol. The molecule has 1 aromatic heterocycles. The van der Waals surface area contributed by atoms with Crippen LogP contribution in [0.5, 0.6) is 5.75 Å². The number of hydrogen-bond donors (Lipinski definition) is 0. The summed E-state index contributed by atoms with van der Waals surface area (Å²) in [6.07, 6.45) is 1.82. The van der Waals surface area contributed by atoms with Crippen molar-refractivity contribution in [2.75, 3.05) is 7.11 Å². The predicted octanol–water partition coefficient (Wildman–Crippen LogP) is 4.73. The van der Waals surface area contributed by atoms with Crippen LogP contribution in [0, 0.1) is 6.92 Å². The van der Waals surface area contributed by atoms with Crippen molar-refractivity contribution in [1.29, 1.82) is 0 Å². The van der Waals surface area contributed by atoms with E-state index in [-0.39, 0.29) is 0 Å². The van der Waals surface area contributed by atoms with Crippen molar-refractivity contribution in [3.8, 4) is 28.1 Å². The summed E-state index contributed by atoms with van der Waals surface area (Å²) in [6, 6.07) is 20.6. The van der Waals surface area contributed by atoms with Gasteiger partial charge in [0.2, 0.25) is 0 Å². The van der Waals surface area contributed by atoms with Gasteiger partial charge in [0.05, 0.1) is 12.8 Å². The summed E-state index contributed by atoms with van der Waals surface area (Å²) >= 11 is 0. The van der Waals surface area contributed by atoms with Gasteiger partial charge >= 0.3 is 0 Å². The van der Waals surface area contributed by atoms with E-state index in [0.29, 0.717) is 0 Å². The van der Waals surface area contributed by atoms with E-state index in [9.17, 15) is 0 Å². The molecule has 0 fully saturated rings. The molecule has 2 aromatic carbocycles. The first-order valence-corrected chi connectivity index (χ1v) is 6.94. The van der Waals surface area contributed by atoms with Crippen molar-refractivity contribution in [1.82, 2.24) is 4.98 Å². The highest BCUT2D eigenvalue weighted by Gasteiger charge is 2.10.